The SMILES string of the molecule is COC(=O)Cc1nnn(Cc2nnc(-c3cccc(Br)c3)o2)n1. The molecule has 0 N–H and O–H groups in total. The molecule has 0 amide bonds. The topological polar surface area (TPSA) is 109 Å². The van der Waals surface area contributed by atoms with E-state index >= 15 is 0 Å². The fourth-order valence-corrected chi connectivity index (χ4v) is 2.19. The van der Waals surface area contributed by atoms with Crippen molar-refractivity contribution in [2.45, 2.75) is 13.0 Å². The maximum absolute atomic E-state index is 11.2. The highest BCUT2D eigenvalue weighted by atomic mass is 79.9. The Labute approximate surface area is 138 Å². The molecule has 0 aliphatic heterocycles. The van der Waals surface area contributed by atoms with Crippen molar-refractivity contribution < 1.29 is 13.9 Å². The molecule has 0 aliphatic carbocycles. The minimum Gasteiger partial charge on any atom is -0.469 e. The number of benzene rings is 1. The Morgan fingerprint density at radius 2 is 2.22 bits per heavy atom. The van der Waals surface area contributed by atoms with Gasteiger partial charge in [0.2, 0.25) is 11.8 Å². The molecule has 0 radical (unpaired) electrons. The predicted molar refractivity (Wildman–Crippen MR) is 80.1 cm³/mol. The monoisotopic (exact) mass is 378 g/mol. The average Bonchev–Trinajstić information content (AvgIpc) is 3.17. The summed E-state index contributed by atoms with van der Waals surface area (Å²) in [5.41, 5.74) is 0.802. The lowest BCUT2D eigenvalue weighted by molar-refractivity contribution is -0.139. The molecule has 0 spiro atoms. The van der Waals surface area contributed by atoms with Crippen LogP contribution >= 0.6 is 15.9 Å². The summed E-state index contributed by atoms with van der Waals surface area (Å²) in [6.07, 6.45) is -0.0381. The normalized spacial score (nSPS) is 10.7. The first-order chi connectivity index (χ1) is 11.1. The summed E-state index contributed by atoms with van der Waals surface area (Å²) in [4.78, 5) is 12.4. The Kier molecular flexibility index (Phi) is 4.42. The van der Waals surface area contributed by atoms with Crippen molar-refractivity contribution >= 4 is 21.9 Å². The lowest BCUT2D eigenvalue weighted by Crippen LogP contribution is -2.07. The summed E-state index contributed by atoms with van der Waals surface area (Å²) in [6, 6.07) is 7.52. The van der Waals surface area contributed by atoms with Crippen molar-refractivity contribution in [3.05, 3.63) is 40.5 Å². The molecule has 10 heteroatoms. The van der Waals surface area contributed by atoms with E-state index in [0.29, 0.717) is 11.8 Å². The largest absolute Gasteiger partial charge is 0.469 e. The maximum atomic E-state index is 11.2. The maximum Gasteiger partial charge on any atom is 0.313 e. The Bertz CT molecular complexity index is 830. The Balaban J connectivity index is 1.71. The van der Waals surface area contributed by atoms with Gasteiger partial charge in [-0.25, -0.2) is 0 Å². The smallest absolute Gasteiger partial charge is 0.313 e. The molecule has 0 saturated carbocycles. The van der Waals surface area contributed by atoms with Crippen molar-refractivity contribution in [2.24, 2.45) is 0 Å². The molecule has 3 aromatic rings. The van der Waals surface area contributed by atoms with E-state index in [9.17, 15) is 4.79 Å². The average molecular weight is 379 g/mol. The molecule has 0 atom stereocenters. The Morgan fingerprint density at radius 1 is 1.35 bits per heavy atom. The molecule has 0 unspecified atom stereocenters. The van der Waals surface area contributed by atoms with Crippen molar-refractivity contribution in [2.75, 3.05) is 7.11 Å². The first-order valence-corrected chi connectivity index (χ1v) is 7.35. The fourth-order valence-electron chi connectivity index (χ4n) is 1.79. The van der Waals surface area contributed by atoms with Crippen LogP contribution in [0, 0.1) is 0 Å². The molecular weight excluding hydrogens is 368 g/mol. The van der Waals surface area contributed by atoms with Gasteiger partial charge in [0.25, 0.3) is 0 Å². The first-order valence-electron chi connectivity index (χ1n) is 6.56. The fraction of sp³-hybridized carbons (Fsp3) is 0.231. The van der Waals surface area contributed by atoms with Gasteiger partial charge in [0.15, 0.2) is 5.82 Å². The van der Waals surface area contributed by atoms with Gasteiger partial charge < -0.3 is 9.15 Å². The zero-order valence-corrected chi connectivity index (χ0v) is 13.6. The number of methoxy groups -OCH3 is 1. The third-order valence-corrected chi connectivity index (χ3v) is 3.33. The molecule has 0 aliphatic rings. The van der Waals surface area contributed by atoms with Gasteiger partial charge in [-0.3, -0.25) is 4.79 Å². The standard InChI is InChI=1S/C13H11BrN6O3/c1-22-12(21)6-10-15-19-20(18-10)7-11-16-17-13(23-11)8-3-2-4-9(14)5-8/h2-5H,6-7H2,1H3. The van der Waals surface area contributed by atoms with E-state index in [1.165, 1.54) is 11.9 Å². The summed E-state index contributed by atoms with van der Waals surface area (Å²) in [7, 11) is 1.30. The molecule has 2 aromatic heterocycles. The van der Waals surface area contributed by atoms with E-state index < -0.39 is 5.97 Å². The molecule has 0 fully saturated rings. The number of ether oxygens (including phenoxy) is 1. The van der Waals surface area contributed by atoms with Crippen molar-refractivity contribution in [1.82, 2.24) is 30.4 Å². The summed E-state index contributed by atoms with van der Waals surface area (Å²) >= 11 is 3.39. The zero-order chi connectivity index (χ0) is 16.2. The number of carbonyl (C=O) groups is 1. The summed E-state index contributed by atoms with van der Waals surface area (Å²) < 4.78 is 11.0. The van der Waals surface area contributed by atoms with E-state index in [-0.39, 0.29) is 18.8 Å². The molecular formula is C13H11BrN6O3. The van der Waals surface area contributed by atoms with Crippen LogP contribution in [0.2, 0.25) is 0 Å². The highest BCUT2D eigenvalue weighted by Crippen LogP contribution is 2.21. The second-order valence-electron chi connectivity index (χ2n) is 4.50. The Morgan fingerprint density at radius 3 is 3.00 bits per heavy atom. The van der Waals surface area contributed by atoms with Gasteiger partial charge >= 0.3 is 5.97 Å². The molecule has 3 rings (SSSR count). The van der Waals surface area contributed by atoms with Gasteiger partial charge in [-0.2, -0.15) is 4.80 Å². The number of nitrogens with zero attached hydrogens (tertiary/aromatic N) is 6. The van der Waals surface area contributed by atoms with Crippen LogP contribution in [0.15, 0.2) is 33.2 Å². The molecule has 118 valence electrons. The highest BCUT2D eigenvalue weighted by Gasteiger charge is 2.13. The van der Waals surface area contributed by atoms with Crippen LogP contribution in [0.4, 0.5) is 0 Å². The zero-order valence-electron chi connectivity index (χ0n) is 12.0. The van der Waals surface area contributed by atoms with Crippen LogP contribution in [0.3, 0.4) is 0 Å². The van der Waals surface area contributed by atoms with Crippen molar-refractivity contribution in [1.29, 1.82) is 0 Å². The number of rotatable bonds is 5. The lowest BCUT2D eigenvalue weighted by atomic mass is 10.2. The van der Waals surface area contributed by atoms with E-state index in [4.69, 9.17) is 4.42 Å². The predicted octanol–water partition coefficient (Wildman–Crippen LogP) is 1.25. The van der Waals surface area contributed by atoms with Gasteiger partial charge in [0.05, 0.1) is 7.11 Å². The number of carbonyl (C=O) groups excluding carboxylic acids is 1. The van der Waals surface area contributed by atoms with Crippen LogP contribution in [0.25, 0.3) is 11.5 Å². The van der Waals surface area contributed by atoms with Gasteiger partial charge in [-0.1, -0.05) is 22.0 Å². The molecule has 23 heavy (non-hydrogen) atoms. The number of hydrogen-bond acceptors (Lipinski definition) is 8. The number of halogens is 1. The molecule has 0 bridgehead atoms. The van der Waals surface area contributed by atoms with Crippen LogP contribution in [-0.4, -0.2) is 43.5 Å². The van der Waals surface area contributed by atoms with Gasteiger partial charge in [-0.15, -0.1) is 20.4 Å². The highest BCUT2D eigenvalue weighted by molar-refractivity contribution is 9.10. The van der Waals surface area contributed by atoms with Crippen molar-refractivity contribution in [3.8, 4) is 11.5 Å². The number of tetrazole rings is 1. The first kappa shape index (κ1) is 15.3. The molecule has 0 saturated heterocycles. The van der Waals surface area contributed by atoms with E-state index in [1.54, 1.807) is 0 Å². The van der Waals surface area contributed by atoms with E-state index in [1.807, 2.05) is 24.3 Å². The molecule has 1 aromatic carbocycles. The van der Waals surface area contributed by atoms with Crippen LogP contribution in [-0.2, 0) is 22.5 Å². The van der Waals surface area contributed by atoms with Crippen LogP contribution in [0.5, 0.6) is 0 Å². The Hall–Kier alpha value is -2.62. The minimum absolute atomic E-state index is 0.0381. The quantitative estimate of drug-likeness (QED) is 0.610. The van der Waals surface area contributed by atoms with Gasteiger partial charge in [0.1, 0.15) is 13.0 Å². The summed E-state index contributed by atoms with van der Waals surface area (Å²) in [6.45, 7) is 0.162. The van der Waals surface area contributed by atoms with E-state index in [2.05, 4.69) is 46.3 Å². The summed E-state index contributed by atoms with van der Waals surface area (Å²) in [5, 5.41) is 19.6. The number of aromatic nitrogens is 6. The molecule has 2 heterocycles. The van der Waals surface area contributed by atoms with E-state index in [0.717, 1.165) is 10.0 Å². The van der Waals surface area contributed by atoms with Crippen LogP contribution in [0.1, 0.15) is 11.7 Å². The van der Waals surface area contributed by atoms with Gasteiger partial charge in [-0.05, 0) is 23.4 Å². The number of hydrogen-bond donors (Lipinski definition) is 0. The van der Waals surface area contributed by atoms with Crippen LogP contribution < -0.4 is 0 Å². The second kappa shape index (κ2) is 6.65. The number of esters is 1. The second-order valence-corrected chi connectivity index (χ2v) is 5.42. The minimum atomic E-state index is -0.431. The lowest BCUT2D eigenvalue weighted by Gasteiger charge is -1.95. The summed E-state index contributed by atoms with van der Waals surface area (Å²) in [5.74, 6) is 0.570. The van der Waals surface area contributed by atoms with Crippen molar-refractivity contribution in [3.63, 3.8) is 0 Å². The third kappa shape index (κ3) is 3.77. The molecule has 9 nitrogen and oxygen atoms in total. The third-order valence-electron chi connectivity index (χ3n) is 2.84. The van der Waals surface area contributed by atoms with Gasteiger partial charge in [0, 0.05) is 10.0 Å².